The molecule has 4 heteroatoms. The zero-order valence-corrected chi connectivity index (χ0v) is 11.9. The molecular weight excluding hydrogens is 240 g/mol. The number of aliphatic hydroxyl groups excluding tert-OH is 1. The second-order valence-electron chi connectivity index (χ2n) is 4.85. The van der Waals surface area contributed by atoms with Crippen LogP contribution in [0.2, 0.25) is 0 Å². The van der Waals surface area contributed by atoms with Gasteiger partial charge in [0, 0.05) is 6.04 Å². The maximum atomic E-state index is 11.9. The smallest absolute Gasteiger partial charge is 0.237 e. The van der Waals surface area contributed by atoms with Crippen LogP contribution in [0.3, 0.4) is 0 Å². The lowest BCUT2D eigenvalue weighted by Crippen LogP contribution is -2.47. The average molecular weight is 264 g/mol. The van der Waals surface area contributed by atoms with Crippen LogP contribution < -0.4 is 10.6 Å². The van der Waals surface area contributed by atoms with E-state index in [0.29, 0.717) is 0 Å². The third kappa shape index (κ3) is 5.01. The Labute approximate surface area is 115 Å². The molecule has 0 saturated heterocycles. The van der Waals surface area contributed by atoms with Crippen molar-refractivity contribution in [1.29, 1.82) is 0 Å². The normalized spacial score (nSPS) is 15.6. The van der Waals surface area contributed by atoms with E-state index in [-0.39, 0.29) is 30.6 Å². The minimum absolute atomic E-state index is 0.0367. The van der Waals surface area contributed by atoms with Crippen LogP contribution in [0.25, 0.3) is 0 Å². The van der Waals surface area contributed by atoms with Crippen molar-refractivity contribution in [2.45, 2.75) is 45.3 Å². The summed E-state index contributed by atoms with van der Waals surface area (Å²) in [6, 6.07) is 9.25. The van der Waals surface area contributed by atoms with Crippen LogP contribution in [0, 0.1) is 0 Å². The van der Waals surface area contributed by atoms with Crippen LogP contribution in [-0.2, 0) is 4.79 Å². The highest BCUT2D eigenvalue weighted by atomic mass is 16.3. The Bertz CT molecular complexity index is 381. The van der Waals surface area contributed by atoms with Gasteiger partial charge in [-0.15, -0.1) is 0 Å². The first-order chi connectivity index (χ1) is 9.08. The summed E-state index contributed by atoms with van der Waals surface area (Å²) in [5.74, 6) is -0.0382. The Balaban J connectivity index is 2.58. The molecule has 3 atom stereocenters. The molecule has 1 amide bonds. The lowest BCUT2D eigenvalue weighted by atomic mass is 10.1. The first kappa shape index (κ1) is 15.7. The topological polar surface area (TPSA) is 61.4 Å². The SMILES string of the molecule is CCC(C)NC(=O)C(C)NC(CO)c1ccccc1. The van der Waals surface area contributed by atoms with Gasteiger partial charge in [0.1, 0.15) is 0 Å². The van der Waals surface area contributed by atoms with Gasteiger partial charge in [0.15, 0.2) is 0 Å². The number of aliphatic hydroxyl groups is 1. The summed E-state index contributed by atoms with van der Waals surface area (Å²) in [6.45, 7) is 5.78. The van der Waals surface area contributed by atoms with Gasteiger partial charge in [-0.2, -0.15) is 0 Å². The van der Waals surface area contributed by atoms with Crippen molar-refractivity contribution in [2.75, 3.05) is 6.61 Å². The monoisotopic (exact) mass is 264 g/mol. The summed E-state index contributed by atoms with van der Waals surface area (Å²) in [4.78, 5) is 11.9. The number of benzene rings is 1. The van der Waals surface area contributed by atoms with E-state index in [9.17, 15) is 9.90 Å². The largest absolute Gasteiger partial charge is 0.394 e. The average Bonchev–Trinajstić information content (AvgIpc) is 2.45. The molecule has 0 aromatic heterocycles. The molecule has 0 bridgehead atoms. The lowest BCUT2D eigenvalue weighted by Gasteiger charge is -2.23. The molecule has 3 unspecified atom stereocenters. The van der Waals surface area contributed by atoms with Gasteiger partial charge in [-0.3, -0.25) is 10.1 Å². The van der Waals surface area contributed by atoms with Gasteiger partial charge in [-0.05, 0) is 25.8 Å². The predicted molar refractivity (Wildman–Crippen MR) is 76.8 cm³/mol. The van der Waals surface area contributed by atoms with Crippen LogP contribution >= 0.6 is 0 Å². The minimum Gasteiger partial charge on any atom is -0.394 e. The molecule has 0 fully saturated rings. The summed E-state index contributed by atoms with van der Waals surface area (Å²) < 4.78 is 0. The number of hydrogen-bond acceptors (Lipinski definition) is 3. The van der Waals surface area contributed by atoms with Gasteiger partial charge >= 0.3 is 0 Å². The summed E-state index contributed by atoms with van der Waals surface area (Å²) in [6.07, 6.45) is 0.903. The van der Waals surface area contributed by atoms with Gasteiger partial charge in [0.2, 0.25) is 5.91 Å². The van der Waals surface area contributed by atoms with Crippen LogP contribution in [0.15, 0.2) is 30.3 Å². The van der Waals surface area contributed by atoms with E-state index in [0.717, 1.165) is 12.0 Å². The predicted octanol–water partition coefficient (Wildman–Crippen LogP) is 1.61. The lowest BCUT2D eigenvalue weighted by molar-refractivity contribution is -0.123. The van der Waals surface area contributed by atoms with Gasteiger partial charge in [0.25, 0.3) is 0 Å². The van der Waals surface area contributed by atoms with Crippen LogP contribution in [-0.4, -0.2) is 29.7 Å². The van der Waals surface area contributed by atoms with Crippen molar-refractivity contribution in [2.24, 2.45) is 0 Å². The van der Waals surface area contributed by atoms with Crippen molar-refractivity contribution < 1.29 is 9.90 Å². The number of carbonyl (C=O) groups excluding carboxylic acids is 1. The molecule has 0 aliphatic carbocycles. The van der Waals surface area contributed by atoms with E-state index in [1.54, 1.807) is 0 Å². The number of amides is 1. The molecule has 4 nitrogen and oxygen atoms in total. The minimum atomic E-state index is -0.341. The van der Waals surface area contributed by atoms with Crippen LogP contribution in [0.5, 0.6) is 0 Å². The Morgan fingerprint density at radius 2 is 1.89 bits per heavy atom. The van der Waals surface area contributed by atoms with E-state index in [1.807, 2.05) is 51.1 Å². The molecule has 106 valence electrons. The van der Waals surface area contributed by atoms with E-state index < -0.39 is 0 Å². The molecule has 0 radical (unpaired) electrons. The Kier molecular flexibility index (Phi) is 6.53. The molecule has 0 spiro atoms. The molecule has 0 aliphatic rings. The summed E-state index contributed by atoms with van der Waals surface area (Å²) in [7, 11) is 0. The fourth-order valence-corrected chi connectivity index (χ4v) is 1.79. The first-order valence-corrected chi connectivity index (χ1v) is 6.80. The van der Waals surface area contributed by atoms with Gasteiger partial charge in [-0.1, -0.05) is 37.3 Å². The molecule has 1 aromatic rings. The Morgan fingerprint density at radius 1 is 1.26 bits per heavy atom. The second kappa shape index (κ2) is 7.92. The van der Waals surface area contributed by atoms with Gasteiger partial charge in [0.05, 0.1) is 18.7 Å². The zero-order chi connectivity index (χ0) is 14.3. The van der Waals surface area contributed by atoms with E-state index in [2.05, 4.69) is 10.6 Å². The van der Waals surface area contributed by atoms with Crippen molar-refractivity contribution in [3.8, 4) is 0 Å². The van der Waals surface area contributed by atoms with Crippen molar-refractivity contribution >= 4 is 5.91 Å². The quantitative estimate of drug-likeness (QED) is 0.701. The number of carbonyl (C=O) groups is 1. The number of nitrogens with one attached hydrogen (secondary N) is 2. The molecule has 3 N–H and O–H groups in total. The van der Waals surface area contributed by atoms with Gasteiger partial charge < -0.3 is 10.4 Å². The Hall–Kier alpha value is -1.39. The fraction of sp³-hybridized carbons (Fsp3) is 0.533. The summed E-state index contributed by atoms with van der Waals surface area (Å²) in [5.41, 5.74) is 0.980. The van der Waals surface area contributed by atoms with Gasteiger partial charge in [-0.25, -0.2) is 0 Å². The molecule has 0 heterocycles. The highest BCUT2D eigenvalue weighted by Gasteiger charge is 2.19. The third-order valence-electron chi connectivity index (χ3n) is 3.23. The van der Waals surface area contributed by atoms with Crippen molar-refractivity contribution in [3.63, 3.8) is 0 Å². The van der Waals surface area contributed by atoms with Crippen LogP contribution in [0.4, 0.5) is 0 Å². The molecular formula is C15H24N2O2. The maximum absolute atomic E-state index is 11.9. The molecule has 0 saturated carbocycles. The van der Waals surface area contributed by atoms with Crippen molar-refractivity contribution in [1.82, 2.24) is 10.6 Å². The molecule has 1 rings (SSSR count). The molecule has 19 heavy (non-hydrogen) atoms. The first-order valence-electron chi connectivity index (χ1n) is 6.80. The third-order valence-corrected chi connectivity index (χ3v) is 3.23. The Morgan fingerprint density at radius 3 is 2.42 bits per heavy atom. The number of rotatable bonds is 7. The highest BCUT2D eigenvalue weighted by molar-refractivity contribution is 5.81. The number of hydrogen-bond donors (Lipinski definition) is 3. The maximum Gasteiger partial charge on any atom is 0.237 e. The second-order valence-corrected chi connectivity index (χ2v) is 4.85. The van der Waals surface area contributed by atoms with E-state index in [4.69, 9.17) is 0 Å². The van der Waals surface area contributed by atoms with E-state index in [1.165, 1.54) is 0 Å². The summed E-state index contributed by atoms with van der Waals surface area (Å²) in [5, 5.41) is 15.5. The van der Waals surface area contributed by atoms with E-state index >= 15 is 0 Å². The van der Waals surface area contributed by atoms with Crippen LogP contribution in [0.1, 0.15) is 38.8 Å². The fourth-order valence-electron chi connectivity index (χ4n) is 1.79. The molecule has 1 aromatic carbocycles. The molecule has 0 aliphatic heterocycles. The summed E-state index contributed by atoms with van der Waals surface area (Å²) >= 11 is 0. The van der Waals surface area contributed by atoms with Crippen molar-refractivity contribution in [3.05, 3.63) is 35.9 Å². The highest BCUT2D eigenvalue weighted by Crippen LogP contribution is 2.12. The zero-order valence-electron chi connectivity index (χ0n) is 11.9. The standard InChI is InChI=1S/C15H24N2O2/c1-4-11(2)16-15(19)12(3)17-14(10-18)13-8-6-5-7-9-13/h5-9,11-12,14,17-18H,4,10H2,1-3H3,(H,16,19).